The summed E-state index contributed by atoms with van der Waals surface area (Å²) in [5, 5.41) is 8.78. The first kappa shape index (κ1) is 14.3. The highest BCUT2D eigenvalue weighted by atomic mass is 19.1. The maximum absolute atomic E-state index is 13.8. The van der Waals surface area contributed by atoms with Gasteiger partial charge in [0.2, 0.25) is 5.95 Å². The molecule has 6 nitrogen and oxygen atoms in total. The van der Waals surface area contributed by atoms with Gasteiger partial charge in [0.1, 0.15) is 17.2 Å². The van der Waals surface area contributed by atoms with E-state index in [0.29, 0.717) is 11.4 Å². The van der Waals surface area contributed by atoms with Crippen LogP contribution < -0.4 is 5.73 Å². The standard InChI is InChI=1S/C17H13FN6/c1-24-9-13(12-7-11(18)4-5-14(12)24)16-15(22-23-17(19)21-16)10-3-2-6-20-8-10/h2-9H,1H3,(H2,19,21,23). The normalized spacial score (nSPS) is 11.1. The molecule has 0 atom stereocenters. The summed E-state index contributed by atoms with van der Waals surface area (Å²) in [4.78, 5) is 8.46. The van der Waals surface area contributed by atoms with Gasteiger partial charge >= 0.3 is 0 Å². The van der Waals surface area contributed by atoms with E-state index in [2.05, 4.69) is 20.2 Å². The number of hydrogen-bond acceptors (Lipinski definition) is 5. The Bertz CT molecular complexity index is 1040. The lowest BCUT2D eigenvalue weighted by Crippen LogP contribution is -2.02. The maximum Gasteiger partial charge on any atom is 0.240 e. The number of benzene rings is 1. The van der Waals surface area contributed by atoms with Crippen molar-refractivity contribution >= 4 is 16.9 Å². The minimum Gasteiger partial charge on any atom is -0.366 e. The summed E-state index contributed by atoms with van der Waals surface area (Å²) in [7, 11) is 1.89. The molecule has 1 aromatic carbocycles. The van der Waals surface area contributed by atoms with Crippen molar-refractivity contribution in [1.82, 2.24) is 24.7 Å². The lowest BCUT2D eigenvalue weighted by atomic mass is 10.0. The van der Waals surface area contributed by atoms with Crippen molar-refractivity contribution < 1.29 is 4.39 Å². The average molecular weight is 320 g/mol. The predicted molar refractivity (Wildman–Crippen MR) is 89.3 cm³/mol. The van der Waals surface area contributed by atoms with E-state index in [-0.39, 0.29) is 11.8 Å². The highest BCUT2D eigenvalue weighted by Crippen LogP contribution is 2.34. The van der Waals surface area contributed by atoms with Crippen LogP contribution in [0.1, 0.15) is 0 Å². The van der Waals surface area contributed by atoms with Crippen molar-refractivity contribution in [3.8, 4) is 22.5 Å². The average Bonchev–Trinajstić information content (AvgIpc) is 2.91. The smallest absolute Gasteiger partial charge is 0.240 e. The quantitative estimate of drug-likeness (QED) is 0.614. The van der Waals surface area contributed by atoms with Crippen LogP contribution in [0.2, 0.25) is 0 Å². The lowest BCUT2D eigenvalue weighted by molar-refractivity contribution is 0.629. The van der Waals surface area contributed by atoms with Crippen LogP contribution in [-0.2, 0) is 7.05 Å². The van der Waals surface area contributed by atoms with E-state index < -0.39 is 0 Å². The number of halogens is 1. The Labute approximate surface area is 136 Å². The van der Waals surface area contributed by atoms with Crippen LogP contribution in [0.4, 0.5) is 10.3 Å². The molecule has 0 saturated carbocycles. The highest BCUT2D eigenvalue weighted by Gasteiger charge is 2.18. The van der Waals surface area contributed by atoms with Crippen LogP contribution in [0.5, 0.6) is 0 Å². The van der Waals surface area contributed by atoms with Crippen LogP contribution in [-0.4, -0.2) is 24.7 Å². The van der Waals surface area contributed by atoms with Gasteiger partial charge in [0, 0.05) is 47.7 Å². The number of aryl methyl sites for hydroxylation is 1. The fourth-order valence-corrected chi connectivity index (χ4v) is 2.78. The Morgan fingerprint density at radius 3 is 2.79 bits per heavy atom. The molecule has 118 valence electrons. The number of anilines is 1. The fourth-order valence-electron chi connectivity index (χ4n) is 2.78. The maximum atomic E-state index is 13.8. The molecule has 0 spiro atoms. The van der Waals surface area contributed by atoms with Crippen LogP contribution in [0.15, 0.2) is 48.9 Å². The van der Waals surface area contributed by atoms with Gasteiger partial charge in [-0.2, -0.15) is 0 Å². The van der Waals surface area contributed by atoms with Gasteiger partial charge in [0.05, 0.1) is 0 Å². The number of nitrogen functional groups attached to an aromatic ring is 1. The predicted octanol–water partition coefficient (Wildman–Crippen LogP) is 2.81. The summed E-state index contributed by atoms with van der Waals surface area (Å²) >= 11 is 0. The largest absolute Gasteiger partial charge is 0.366 e. The van der Waals surface area contributed by atoms with Gasteiger partial charge in [-0.3, -0.25) is 4.98 Å². The van der Waals surface area contributed by atoms with Crippen molar-refractivity contribution in [3.63, 3.8) is 0 Å². The Balaban J connectivity index is 2.04. The Kier molecular flexibility index (Phi) is 3.19. The molecular formula is C17H13FN6. The number of hydrogen-bond donors (Lipinski definition) is 1. The third-order valence-corrected chi connectivity index (χ3v) is 3.84. The number of aromatic nitrogens is 5. The molecule has 7 heteroatoms. The number of rotatable bonds is 2. The molecule has 0 saturated heterocycles. The molecule has 0 fully saturated rings. The molecule has 24 heavy (non-hydrogen) atoms. The SMILES string of the molecule is Cn1cc(-c2nc(N)nnc2-c2cccnc2)c2cc(F)ccc21. The fraction of sp³-hybridized carbons (Fsp3) is 0.0588. The zero-order valence-corrected chi connectivity index (χ0v) is 12.8. The van der Waals surface area contributed by atoms with Crippen molar-refractivity contribution in [1.29, 1.82) is 0 Å². The van der Waals surface area contributed by atoms with Gasteiger partial charge in [0.25, 0.3) is 0 Å². The highest BCUT2D eigenvalue weighted by molar-refractivity contribution is 5.98. The summed E-state index contributed by atoms with van der Waals surface area (Å²) in [6, 6.07) is 8.32. The molecule has 0 aliphatic rings. The Hall–Kier alpha value is -3.35. The molecule has 2 N–H and O–H groups in total. The van der Waals surface area contributed by atoms with Gasteiger partial charge in [-0.15, -0.1) is 10.2 Å². The third kappa shape index (κ3) is 2.26. The van der Waals surface area contributed by atoms with Crippen LogP contribution in [0.3, 0.4) is 0 Å². The topological polar surface area (TPSA) is 82.5 Å². The summed E-state index contributed by atoms with van der Waals surface area (Å²) in [6.45, 7) is 0. The molecule has 0 unspecified atom stereocenters. The summed E-state index contributed by atoms with van der Waals surface area (Å²) < 4.78 is 15.7. The summed E-state index contributed by atoms with van der Waals surface area (Å²) in [5.74, 6) is -0.251. The molecule has 0 amide bonds. The van der Waals surface area contributed by atoms with E-state index >= 15 is 0 Å². The molecule has 0 aliphatic carbocycles. The molecule has 4 rings (SSSR count). The number of pyridine rings is 1. The van der Waals surface area contributed by atoms with E-state index in [1.807, 2.05) is 23.9 Å². The molecule has 4 aromatic rings. The molecule has 0 radical (unpaired) electrons. The van der Waals surface area contributed by atoms with Gasteiger partial charge in [-0.1, -0.05) is 0 Å². The minimum atomic E-state index is -0.312. The van der Waals surface area contributed by atoms with Crippen LogP contribution in [0, 0.1) is 5.82 Å². The zero-order chi connectivity index (χ0) is 16.7. The molecule has 0 bridgehead atoms. The van der Waals surface area contributed by atoms with Crippen molar-refractivity contribution in [3.05, 3.63) is 54.7 Å². The van der Waals surface area contributed by atoms with Gasteiger partial charge < -0.3 is 10.3 Å². The Morgan fingerprint density at radius 2 is 2.00 bits per heavy atom. The van der Waals surface area contributed by atoms with Gasteiger partial charge in [-0.25, -0.2) is 9.37 Å². The second kappa shape index (κ2) is 5.38. The van der Waals surface area contributed by atoms with E-state index in [0.717, 1.165) is 22.0 Å². The van der Waals surface area contributed by atoms with E-state index in [1.165, 1.54) is 12.1 Å². The second-order valence-corrected chi connectivity index (χ2v) is 5.42. The van der Waals surface area contributed by atoms with Gasteiger partial charge in [0.15, 0.2) is 0 Å². The van der Waals surface area contributed by atoms with Crippen molar-refractivity contribution in [2.75, 3.05) is 5.73 Å². The monoisotopic (exact) mass is 320 g/mol. The lowest BCUT2D eigenvalue weighted by Gasteiger charge is -2.07. The van der Waals surface area contributed by atoms with Crippen molar-refractivity contribution in [2.45, 2.75) is 0 Å². The van der Waals surface area contributed by atoms with E-state index in [1.54, 1.807) is 24.5 Å². The number of nitrogens with two attached hydrogens (primary N) is 1. The minimum absolute atomic E-state index is 0.0612. The number of nitrogens with zero attached hydrogens (tertiary/aromatic N) is 5. The van der Waals surface area contributed by atoms with E-state index in [4.69, 9.17) is 5.73 Å². The third-order valence-electron chi connectivity index (χ3n) is 3.84. The first-order chi connectivity index (χ1) is 11.6. The summed E-state index contributed by atoms with van der Waals surface area (Å²) in [5.41, 5.74) is 9.24. The van der Waals surface area contributed by atoms with Crippen LogP contribution in [0.25, 0.3) is 33.4 Å². The van der Waals surface area contributed by atoms with Crippen molar-refractivity contribution in [2.24, 2.45) is 7.05 Å². The molecule has 3 heterocycles. The molecular weight excluding hydrogens is 307 g/mol. The number of fused-ring (bicyclic) bond motifs is 1. The molecule has 3 aromatic heterocycles. The Morgan fingerprint density at radius 1 is 1.12 bits per heavy atom. The molecule has 0 aliphatic heterocycles. The first-order valence-electron chi connectivity index (χ1n) is 7.29. The zero-order valence-electron chi connectivity index (χ0n) is 12.8. The van der Waals surface area contributed by atoms with E-state index in [9.17, 15) is 4.39 Å². The first-order valence-corrected chi connectivity index (χ1v) is 7.29. The van der Waals surface area contributed by atoms with Crippen LogP contribution >= 0.6 is 0 Å². The summed E-state index contributed by atoms with van der Waals surface area (Å²) in [6.07, 6.45) is 5.24. The second-order valence-electron chi connectivity index (χ2n) is 5.42. The van der Waals surface area contributed by atoms with Gasteiger partial charge in [-0.05, 0) is 30.3 Å².